The third kappa shape index (κ3) is 5.30. The van der Waals surface area contributed by atoms with Crippen LogP contribution in [0.15, 0.2) is 52.5 Å². The highest BCUT2D eigenvalue weighted by Gasteiger charge is 2.14. The lowest BCUT2D eigenvalue weighted by molar-refractivity contribution is -0.119. The maximum atomic E-state index is 12.1. The molecule has 0 fully saturated rings. The van der Waals surface area contributed by atoms with Crippen LogP contribution in [0, 0.1) is 6.92 Å². The molecule has 0 atom stereocenters. The van der Waals surface area contributed by atoms with Gasteiger partial charge in [0.1, 0.15) is 0 Å². The van der Waals surface area contributed by atoms with E-state index in [4.69, 9.17) is 4.74 Å². The van der Waals surface area contributed by atoms with Gasteiger partial charge in [-0.25, -0.2) is 18.6 Å². The van der Waals surface area contributed by atoms with Gasteiger partial charge >= 0.3 is 0 Å². The molecule has 0 aliphatic heterocycles. The summed E-state index contributed by atoms with van der Waals surface area (Å²) in [5.41, 5.74) is 3.67. The number of amides is 1. The zero-order chi connectivity index (χ0) is 19.2. The molecule has 2 aromatic carbocycles. The predicted molar refractivity (Wildman–Crippen MR) is 96.8 cm³/mol. The number of aromatic hydroxyl groups is 1. The smallest absolute Gasteiger partial charge is 0.255 e. The Morgan fingerprint density at radius 1 is 1.23 bits per heavy atom. The summed E-state index contributed by atoms with van der Waals surface area (Å²) in [4.78, 5) is 11.8. The van der Waals surface area contributed by atoms with Crippen molar-refractivity contribution in [2.24, 2.45) is 5.10 Å². The van der Waals surface area contributed by atoms with E-state index in [2.05, 4.69) is 15.2 Å². The minimum Gasteiger partial charge on any atom is -0.504 e. The lowest BCUT2D eigenvalue weighted by Crippen LogP contribution is -2.34. The first-order chi connectivity index (χ1) is 12.3. The molecule has 9 heteroatoms. The molecule has 0 unspecified atom stereocenters. The van der Waals surface area contributed by atoms with E-state index in [0.717, 1.165) is 5.56 Å². The second kappa shape index (κ2) is 8.45. The Morgan fingerprint density at radius 2 is 1.92 bits per heavy atom. The topological polar surface area (TPSA) is 117 Å². The van der Waals surface area contributed by atoms with Gasteiger partial charge in [-0.2, -0.15) is 5.10 Å². The molecule has 0 aliphatic carbocycles. The minimum atomic E-state index is -3.77. The van der Waals surface area contributed by atoms with E-state index in [1.54, 1.807) is 24.3 Å². The molecule has 0 aliphatic rings. The fourth-order valence-electron chi connectivity index (χ4n) is 1.97. The van der Waals surface area contributed by atoms with E-state index >= 15 is 0 Å². The van der Waals surface area contributed by atoms with Gasteiger partial charge in [-0.3, -0.25) is 4.79 Å². The Morgan fingerprint density at radius 3 is 2.54 bits per heavy atom. The fourth-order valence-corrected chi connectivity index (χ4v) is 2.95. The van der Waals surface area contributed by atoms with E-state index in [1.165, 1.54) is 31.5 Å². The summed E-state index contributed by atoms with van der Waals surface area (Å²) in [6.45, 7) is 1.39. The number of sulfonamides is 1. The Balaban J connectivity index is 1.88. The zero-order valence-electron chi connectivity index (χ0n) is 14.3. The van der Waals surface area contributed by atoms with Gasteiger partial charge in [-0.05, 0) is 42.8 Å². The largest absolute Gasteiger partial charge is 0.504 e. The Bertz CT molecular complexity index is 908. The van der Waals surface area contributed by atoms with Crippen molar-refractivity contribution in [1.82, 2.24) is 10.1 Å². The average Bonchev–Trinajstić information content (AvgIpc) is 2.61. The molecule has 0 saturated heterocycles. The van der Waals surface area contributed by atoms with E-state index < -0.39 is 22.5 Å². The van der Waals surface area contributed by atoms with Crippen molar-refractivity contribution in [2.45, 2.75) is 11.8 Å². The van der Waals surface area contributed by atoms with Gasteiger partial charge in [0.2, 0.25) is 10.0 Å². The van der Waals surface area contributed by atoms with Gasteiger partial charge < -0.3 is 9.84 Å². The SMILES string of the molecule is COc1ccc(/C=N/NC(=O)CNS(=O)(=O)c2ccc(C)cc2)cc1O. The Hall–Kier alpha value is -2.91. The van der Waals surface area contributed by atoms with E-state index in [9.17, 15) is 18.3 Å². The summed E-state index contributed by atoms with van der Waals surface area (Å²) in [6.07, 6.45) is 1.31. The van der Waals surface area contributed by atoms with Crippen LogP contribution in [-0.4, -0.2) is 39.3 Å². The number of carbonyl (C=O) groups excluding carboxylic acids is 1. The number of hydrogen-bond acceptors (Lipinski definition) is 6. The van der Waals surface area contributed by atoms with Crippen LogP contribution in [0.3, 0.4) is 0 Å². The first-order valence-electron chi connectivity index (χ1n) is 7.57. The second-order valence-electron chi connectivity index (χ2n) is 5.36. The molecule has 2 rings (SSSR count). The molecular weight excluding hydrogens is 358 g/mol. The molecule has 3 N–H and O–H groups in total. The van der Waals surface area contributed by atoms with Crippen molar-refractivity contribution in [3.8, 4) is 11.5 Å². The normalized spacial score (nSPS) is 11.5. The quantitative estimate of drug-likeness (QED) is 0.494. The molecule has 0 spiro atoms. The minimum absolute atomic E-state index is 0.0614. The molecule has 26 heavy (non-hydrogen) atoms. The summed E-state index contributed by atoms with van der Waals surface area (Å²) >= 11 is 0. The van der Waals surface area contributed by atoms with Gasteiger partial charge in [0, 0.05) is 0 Å². The van der Waals surface area contributed by atoms with Crippen LogP contribution in [0.2, 0.25) is 0 Å². The van der Waals surface area contributed by atoms with Crippen LogP contribution in [0.5, 0.6) is 11.5 Å². The number of hydrogen-bond donors (Lipinski definition) is 3. The summed E-state index contributed by atoms with van der Waals surface area (Å²) in [7, 11) is -2.34. The van der Waals surface area contributed by atoms with Crippen LogP contribution in [-0.2, 0) is 14.8 Å². The molecule has 8 nitrogen and oxygen atoms in total. The summed E-state index contributed by atoms with van der Waals surface area (Å²) < 4.78 is 31.3. The van der Waals surface area contributed by atoms with Crippen LogP contribution < -0.4 is 14.9 Å². The second-order valence-corrected chi connectivity index (χ2v) is 7.13. The Labute approximate surface area is 151 Å². The number of aryl methyl sites for hydroxylation is 1. The monoisotopic (exact) mass is 377 g/mol. The number of nitrogens with zero attached hydrogens (tertiary/aromatic N) is 1. The maximum absolute atomic E-state index is 12.1. The highest BCUT2D eigenvalue weighted by atomic mass is 32.2. The van der Waals surface area contributed by atoms with Gasteiger partial charge in [-0.1, -0.05) is 17.7 Å². The van der Waals surface area contributed by atoms with Gasteiger partial charge in [0.15, 0.2) is 11.5 Å². The van der Waals surface area contributed by atoms with Crippen molar-refractivity contribution in [2.75, 3.05) is 13.7 Å². The zero-order valence-corrected chi connectivity index (χ0v) is 15.1. The molecular formula is C17H19N3O5S. The van der Waals surface area contributed by atoms with Crippen molar-refractivity contribution < 1.29 is 23.1 Å². The maximum Gasteiger partial charge on any atom is 0.255 e. The number of ether oxygens (including phenoxy) is 1. The number of methoxy groups -OCH3 is 1. The average molecular weight is 377 g/mol. The number of phenolic OH excluding ortho intramolecular Hbond substituents is 1. The van der Waals surface area contributed by atoms with Crippen molar-refractivity contribution in [3.05, 3.63) is 53.6 Å². The summed E-state index contributed by atoms with van der Waals surface area (Å²) in [5, 5.41) is 13.4. The van der Waals surface area contributed by atoms with Crippen molar-refractivity contribution in [3.63, 3.8) is 0 Å². The molecule has 0 saturated carbocycles. The highest BCUT2D eigenvalue weighted by molar-refractivity contribution is 7.89. The lowest BCUT2D eigenvalue weighted by Gasteiger charge is -2.06. The number of hydrazone groups is 1. The van der Waals surface area contributed by atoms with E-state index in [-0.39, 0.29) is 10.6 Å². The van der Waals surface area contributed by atoms with Crippen molar-refractivity contribution in [1.29, 1.82) is 0 Å². The third-order valence-corrected chi connectivity index (χ3v) is 4.78. The molecule has 0 bridgehead atoms. The number of benzene rings is 2. The first-order valence-corrected chi connectivity index (χ1v) is 9.05. The third-order valence-electron chi connectivity index (χ3n) is 3.36. The number of carbonyl (C=O) groups is 1. The summed E-state index contributed by atoms with van der Waals surface area (Å²) in [6, 6.07) is 10.9. The molecule has 2 aromatic rings. The van der Waals surface area contributed by atoms with Crippen LogP contribution in [0.1, 0.15) is 11.1 Å². The van der Waals surface area contributed by atoms with Crippen LogP contribution in [0.4, 0.5) is 0 Å². The lowest BCUT2D eigenvalue weighted by atomic mass is 10.2. The number of phenols is 1. The van der Waals surface area contributed by atoms with Gasteiger partial charge in [-0.15, -0.1) is 0 Å². The first kappa shape index (κ1) is 19.4. The van der Waals surface area contributed by atoms with Crippen molar-refractivity contribution >= 4 is 22.1 Å². The number of nitrogens with one attached hydrogen (secondary N) is 2. The molecule has 0 radical (unpaired) electrons. The Kier molecular flexibility index (Phi) is 6.31. The number of rotatable bonds is 7. The molecule has 138 valence electrons. The van der Waals surface area contributed by atoms with E-state index in [1.807, 2.05) is 6.92 Å². The molecule has 1 amide bonds. The van der Waals surface area contributed by atoms with E-state index in [0.29, 0.717) is 11.3 Å². The van der Waals surface area contributed by atoms with Gasteiger partial charge in [0.25, 0.3) is 5.91 Å². The summed E-state index contributed by atoms with van der Waals surface area (Å²) in [5.74, 6) is -0.375. The molecule has 0 heterocycles. The molecule has 0 aromatic heterocycles. The van der Waals surface area contributed by atoms with Crippen LogP contribution in [0.25, 0.3) is 0 Å². The standard InChI is InChI=1S/C17H19N3O5S/c1-12-3-6-14(7-4-12)26(23,24)19-11-17(22)20-18-10-13-5-8-16(25-2)15(21)9-13/h3-10,19,21H,11H2,1-2H3,(H,20,22)/b18-10+. The highest BCUT2D eigenvalue weighted by Crippen LogP contribution is 2.25. The van der Waals surface area contributed by atoms with Crippen LogP contribution >= 0.6 is 0 Å². The predicted octanol–water partition coefficient (Wildman–Crippen LogP) is 1.14. The van der Waals surface area contributed by atoms with Gasteiger partial charge in [0.05, 0.1) is 24.8 Å². The fraction of sp³-hybridized carbons (Fsp3) is 0.176.